The molecule has 0 spiro atoms. The Morgan fingerprint density at radius 3 is 1.82 bits per heavy atom. The van der Waals surface area contributed by atoms with Gasteiger partial charge in [-0.15, -0.1) is 0 Å². The largest absolute Gasteiger partial charge is 0.452 e. The minimum Gasteiger partial charge on any atom is -0.452 e. The van der Waals surface area contributed by atoms with Crippen LogP contribution in [-0.2, 0) is 14.3 Å². The van der Waals surface area contributed by atoms with Crippen molar-refractivity contribution in [2.24, 2.45) is 0 Å². The standard InChI is InChI=1S/C23H20FNO3/c1-16(22(26)25-20-14-12-19(24)13-15-20)28-23(27)21(17-8-4-2-5-9-17)18-10-6-3-7-11-18/h2-16,21H,1H3,(H,25,26)/t16-/m0/s1. The van der Waals surface area contributed by atoms with Gasteiger partial charge in [0.15, 0.2) is 6.10 Å². The summed E-state index contributed by atoms with van der Waals surface area (Å²) in [6, 6.07) is 23.9. The molecule has 0 aromatic heterocycles. The molecular formula is C23H20FNO3. The predicted molar refractivity (Wildman–Crippen MR) is 105 cm³/mol. The Hall–Kier alpha value is -3.47. The van der Waals surface area contributed by atoms with Crippen molar-refractivity contribution in [1.29, 1.82) is 0 Å². The van der Waals surface area contributed by atoms with Crippen molar-refractivity contribution in [1.82, 2.24) is 0 Å². The Bertz CT molecular complexity index is 888. The normalized spacial score (nSPS) is 11.7. The highest BCUT2D eigenvalue weighted by Crippen LogP contribution is 2.26. The van der Waals surface area contributed by atoms with Crippen LogP contribution in [0.5, 0.6) is 0 Å². The zero-order valence-corrected chi connectivity index (χ0v) is 15.3. The first-order valence-corrected chi connectivity index (χ1v) is 8.91. The van der Waals surface area contributed by atoms with Gasteiger partial charge in [0.25, 0.3) is 5.91 Å². The van der Waals surface area contributed by atoms with Crippen LogP contribution < -0.4 is 5.32 Å². The molecule has 3 aromatic rings. The maximum Gasteiger partial charge on any atom is 0.318 e. The third-order valence-corrected chi connectivity index (χ3v) is 4.28. The van der Waals surface area contributed by atoms with E-state index in [2.05, 4.69) is 5.32 Å². The molecule has 0 aliphatic heterocycles. The second-order valence-corrected chi connectivity index (χ2v) is 6.33. The lowest BCUT2D eigenvalue weighted by atomic mass is 9.91. The van der Waals surface area contributed by atoms with Crippen LogP contribution in [0, 0.1) is 5.82 Å². The number of ether oxygens (including phenoxy) is 1. The van der Waals surface area contributed by atoms with Crippen molar-refractivity contribution in [3.8, 4) is 0 Å². The van der Waals surface area contributed by atoms with Crippen LogP contribution in [0.1, 0.15) is 24.0 Å². The van der Waals surface area contributed by atoms with E-state index in [-0.39, 0.29) is 0 Å². The Morgan fingerprint density at radius 1 is 0.821 bits per heavy atom. The van der Waals surface area contributed by atoms with Gasteiger partial charge in [0, 0.05) is 5.69 Å². The van der Waals surface area contributed by atoms with E-state index in [1.54, 1.807) is 0 Å². The molecule has 4 nitrogen and oxygen atoms in total. The van der Waals surface area contributed by atoms with Crippen molar-refractivity contribution in [3.05, 3.63) is 102 Å². The van der Waals surface area contributed by atoms with Gasteiger partial charge in [-0.2, -0.15) is 0 Å². The Labute approximate surface area is 163 Å². The summed E-state index contributed by atoms with van der Waals surface area (Å²) in [5, 5.41) is 2.61. The number of benzene rings is 3. The summed E-state index contributed by atoms with van der Waals surface area (Å²) in [5.74, 6) is -2.03. The van der Waals surface area contributed by atoms with Gasteiger partial charge in [0.2, 0.25) is 0 Å². The number of carbonyl (C=O) groups is 2. The smallest absolute Gasteiger partial charge is 0.318 e. The fraction of sp³-hybridized carbons (Fsp3) is 0.130. The zero-order valence-electron chi connectivity index (χ0n) is 15.3. The van der Waals surface area contributed by atoms with Crippen LogP contribution in [0.3, 0.4) is 0 Å². The van der Waals surface area contributed by atoms with Gasteiger partial charge in [-0.3, -0.25) is 9.59 Å². The van der Waals surface area contributed by atoms with Gasteiger partial charge in [0.1, 0.15) is 11.7 Å². The molecule has 0 fully saturated rings. The summed E-state index contributed by atoms with van der Waals surface area (Å²) in [6.45, 7) is 1.50. The van der Waals surface area contributed by atoms with E-state index in [9.17, 15) is 14.0 Å². The summed E-state index contributed by atoms with van der Waals surface area (Å²) in [7, 11) is 0. The predicted octanol–water partition coefficient (Wildman–Crippen LogP) is 4.53. The molecule has 1 amide bonds. The molecule has 28 heavy (non-hydrogen) atoms. The van der Waals surface area contributed by atoms with Gasteiger partial charge in [0.05, 0.1) is 0 Å². The molecule has 0 radical (unpaired) electrons. The van der Waals surface area contributed by atoms with Crippen LogP contribution >= 0.6 is 0 Å². The highest BCUT2D eigenvalue weighted by Gasteiger charge is 2.27. The first-order valence-electron chi connectivity index (χ1n) is 8.91. The number of carbonyl (C=O) groups excluding carboxylic acids is 2. The molecule has 5 heteroatoms. The van der Waals surface area contributed by atoms with E-state index in [1.807, 2.05) is 60.7 Å². The molecular weight excluding hydrogens is 357 g/mol. The van der Waals surface area contributed by atoms with Gasteiger partial charge in [-0.05, 0) is 42.3 Å². The average molecular weight is 377 g/mol. The van der Waals surface area contributed by atoms with Crippen LogP contribution in [-0.4, -0.2) is 18.0 Å². The van der Waals surface area contributed by atoms with E-state index in [1.165, 1.54) is 31.2 Å². The first-order chi connectivity index (χ1) is 13.5. The third kappa shape index (κ3) is 4.82. The van der Waals surface area contributed by atoms with Gasteiger partial charge in [-0.1, -0.05) is 60.7 Å². The monoisotopic (exact) mass is 377 g/mol. The van der Waals surface area contributed by atoms with Crippen molar-refractivity contribution < 1.29 is 18.7 Å². The zero-order chi connectivity index (χ0) is 19.9. The first kappa shape index (κ1) is 19.3. The van der Waals surface area contributed by atoms with Crippen molar-refractivity contribution in [2.45, 2.75) is 18.9 Å². The number of nitrogens with one attached hydrogen (secondary N) is 1. The molecule has 3 aromatic carbocycles. The topological polar surface area (TPSA) is 55.4 Å². The molecule has 1 atom stereocenters. The van der Waals surface area contributed by atoms with Crippen molar-refractivity contribution >= 4 is 17.6 Å². The van der Waals surface area contributed by atoms with E-state index >= 15 is 0 Å². The van der Waals surface area contributed by atoms with Crippen molar-refractivity contribution in [3.63, 3.8) is 0 Å². The summed E-state index contributed by atoms with van der Waals surface area (Å²) in [6.07, 6.45) is -1.01. The number of rotatable bonds is 6. The number of halogens is 1. The molecule has 0 saturated carbocycles. The molecule has 0 saturated heterocycles. The van der Waals surface area contributed by atoms with Crippen LogP contribution in [0.2, 0.25) is 0 Å². The summed E-state index contributed by atoms with van der Waals surface area (Å²) < 4.78 is 18.4. The molecule has 0 heterocycles. The van der Waals surface area contributed by atoms with Crippen LogP contribution in [0.25, 0.3) is 0 Å². The molecule has 0 bridgehead atoms. The number of anilines is 1. The quantitative estimate of drug-likeness (QED) is 0.642. The Balaban J connectivity index is 1.74. The lowest BCUT2D eigenvalue weighted by molar-refractivity contribution is -0.153. The summed E-state index contributed by atoms with van der Waals surface area (Å²) in [4.78, 5) is 25.3. The van der Waals surface area contributed by atoms with Crippen LogP contribution in [0.4, 0.5) is 10.1 Å². The highest BCUT2D eigenvalue weighted by atomic mass is 19.1. The molecule has 3 rings (SSSR count). The number of hydrogen-bond donors (Lipinski definition) is 1. The molecule has 0 aliphatic rings. The average Bonchev–Trinajstić information content (AvgIpc) is 2.71. The second-order valence-electron chi connectivity index (χ2n) is 6.33. The Kier molecular flexibility index (Phi) is 6.17. The summed E-state index contributed by atoms with van der Waals surface area (Å²) >= 11 is 0. The number of esters is 1. The van der Waals surface area contributed by atoms with Gasteiger partial charge >= 0.3 is 5.97 Å². The molecule has 142 valence electrons. The van der Waals surface area contributed by atoms with Gasteiger partial charge in [-0.25, -0.2) is 4.39 Å². The van der Waals surface area contributed by atoms with Crippen LogP contribution in [0.15, 0.2) is 84.9 Å². The third-order valence-electron chi connectivity index (χ3n) is 4.28. The Morgan fingerprint density at radius 2 is 1.32 bits per heavy atom. The molecule has 0 aliphatic carbocycles. The minimum absolute atomic E-state index is 0.397. The van der Waals surface area contributed by atoms with E-state index in [0.717, 1.165) is 11.1 Å². The lowest BCUT2D eigenvalue weighted by Gasteiger charge is -2.20. The second kappa shape index (κ2) is 8.95. The molecule has 0 unspecified atom stereocenters. The fourth-order valence-electron chi connectivity index (χ4n) is 2.83. The minimum atomic E-state index is -1.01. The lowest BCUT2D eigenvalue weighted by Crippen LogP contribution is -2.32. The van der Waals surface area contributed by atoms with E-state index < -0.39 is 29.7 Å². The van der Waals surface area contributed by atoms with E-state index in [4.69, 9.17) is 4.74 Å². The van der Waals surface area contributed by atoms with Gasteiger partial charge < -0.3 is 10.1 Å². The number of hydrogen-bond acceptors (Lipinski definition) is 3. The number of amides is 1. The summed E-state index contributed by atoms with van der Waals surface area (Å²) in [5.41, 5.74) is 1.99. The maximum absolute atomic E-state index is 13.0. The molecule has 1 N–H and O–H groups in total. The van der Waals surface area contributed by atoms with E-state index in [0.29, 0.717) is 5.69 Å². The SMILES string of the molecule is C[C@H](OC(=O)C(c1ccccc1)c1ccccc1)C(=O)Nc1ccc(F)cc1. The fourth-order valence-corrected chi connectivity index (χ4v) is 2.83. The highest BCUT2D eigenvalue weighted by molar-refractivity contribution is 5.95. The maximum atomic E-state index is 13.0. The van der Waals surface area contributed by atoms with Crippen molar-refractivity contribution in [2.75, 3.05) is 5.32 Å².